The van der Waals surface area contributed by atoms with Crippen molar-refractivity contribution in [2.24, 2.45) is 10.9 Å². The van der Waals surface area contributed by atoms with Crippen LogP contribution in [0.1, 0.15) is 44.2 Å². The molecule has 0 spiro atoms. The van der Waals surface area contributed by atoms with Gasteiger partial charge >= 0.3 is 6.18 Å². The number of alkyl halides is 3. The van der Waals surface area contributed by atoms with Gasteiger partial charge in [-0.25, -0.2) is 4.99 Å². The zero-order chi connectivity index (χ0) is 20.8. The van der Waals surface area contributed by atoms with Crippen LogP contribution in [-0.2, 0) is 17.9 Å². The molecule has 0 bridgehead atoms. The quantitative estimate of drug-likeness (QED) is 0.368. The van der Waals surface area contributed by atoms with Crippen molar-refractivity contribution >= 4 is 5.96 Å². The van der Waals surface area contributed by atoms with E-state index in [1.54, 1.807) is 12.1 Å². The van der Waals surface area contributed by atoms with Gasteiger partial charge in [-0.2, -0.15) is 13.2 Å². The van der Waals surface area contributed by atoms with Gasteiger partial charge in [-0.3, -0.25) is 0 Å². The van der Waals surface area contributed by atoms with E-state index in [1.165, 1.54) is 0 Å². The predicted octanol–water partition coefficient (Wildman–Crippen LogP) is 3.62. The van der Waals surface area contributed by atoms with E-state index in [9.17, 15) is 13.2 Å². The number of hydrogen-bond acceptors (Lipinski definition) is 3. The number of nitrogens with zero attached hydrogens (tertiary/aromatic N) is 1. The van der Waals surface area contributed by atoms with E-state index in [1.807, 2.05) is 19.1 Å². The lowest BCUT2D eigenvalue weighted by atomic mass is 10.0. The zero-order valence-electron chi connectivity index (χ0n) is 16.7. The minimum atomic E-state index is -4.31. The number of ether oxygens (including phenoxy) is 1. The number of aliphatic hydroxyl groups is 1. The van der Waals surface area contributed by atoms with E-state index in [0.717, 1.165) is 37.9 Å². The third-order valence-corrected chi connectivity index (χ3v) is 4.11. The Bertz CT molecular complexity index is 557. The van der Waals surface area contributed by atoms with E-state index in [0.29, 0.717) is 24.0 Å². The molecule has 1 aromatic rings. The summed E-state index contributed by atoms with van der Waals surface area (Å²) in [6, 6.07) is 7.18. The van der Waals surface area contributed by atoms with E-state index in [4.69, 9.17) is 5.11 Å². The maximum absolute atomic E-state index is 12.1. The topological polar surface area (TPSA) is 65.9 Å². The molecule has 1 aromatic carbocycles. The van der Waals surface area contributed by atoms with Gasteiger partial charge in [0.15, 0.2) is 5.96 Å². The fraction of sp³-hybridized carbons (Fsp3) is 0.650. The second-order valence-corrected chi connectivity index (χ2v) is 6.67. The average Bonchev–Trinajstić information content (AvgIpc) is 2.64. The second-order valence-electron chi connectivity index (χ2n) is 6.67. The molecule has 8 heteroatoms. The summed E-state index contributed by atoms with van der Waals surface area (Å²) in [6.45, 7) is 4.92. The molecule has 0 aromatic heterocycles. The molecule has 0 amide bonds. The highest BCUT2D eigenvalue weighted by Crippen LogP contribution is 2.16. The molecular formula is C20H32F3N3O2. The second kappa shape index (κ2) is 13.4. The van der Waals surface area contributed by atoms with Crippen molar-refractivity contribution in [1.82, 2.24) is 10.6 Å². The van der Waals surface area contributed by atoms with E-state index in [-0.39, 0.29) is 13.2 Å². The maximum Gasteiger partial charge on any atom is 0.411 e. The van der Waals surface area contributed by atoms with E-state index >= 15 is 0 Å². The zero-order valence-corrected chi connectivity index (χ0v) is 16.7. The fourth-order valence-corrected chi connectivity index (χ4v) is 2.72. The first kappa shape index (κ1) is 24.2. The van der Waals surface area contributed by atoms with Gasteiger partial charge in [0.25, 0.3) is 0 Å². The van der Waals surface area contributed by atoms with Crippen LogP contribution in [0.5, 0.6) is 0 Å². The van der Waals surface area contributed by atoms with Gasteiger partial charge in [0.1, 0.15) is 6.61 Å². The van der Waals surface area contributed by atoms with Crippen LogP contribution in [-0.4, -0.2) is 43.5 Å². The van der Waals surface area contributed by atoms with Crippen molar-refractivity contribution in [2.75, 3.05) is 26.3 Å². The molecule has 5 nitrogen and oxygen atoms in total. The van der Waals surface area contributed by atoms with Crippen molar-refractivity contribution in [3.8, 4) is 0 Å². The molecule has 0 saturated carbocycles. The normalized spacial score (nSPS) is 13.4. The molecular weight excluding hydrogens is 371 g/mol. The predicted molar refractivity (Wildman–Crippen MR) is 105 cm³/mol. The van der Waals surface area contributed by atoms with Crippen LogP contribution < -0.4 is 10.6 Å². The molecule has 1 unspecified atom stereocenters. The molecule has 0 fully saturated rings. The highest BCUT2D eigenvalue weighted by molar-refractivity contribution is 5.79. The molecule has 1 atom stereocenters. The summed E-state index contributed by atoms with van der Waals surface area (Å²) in [5.74, 6) is 1.11. The van der Waals surface area contributed by atoms with Gasteiger partial charge in [0.2, 0.25) is 0 Å². The highest BCUT2D eigenvalue weighted by atomic mass is 19.4. The van der Waals surface area contributed by atoms with Gasteiger partial charge in [-0.15, -0.1) is 0 Å². The molecule has 160 valence electrons. The lowest BCUT2D eigenvalue weighted by Crippen LogP contribution is -2.40. The van der Waals surface area contributed by atoms with Crippen LogP contribution in [0.2, 0.25) is 0 Å². The van der Waals surface area contributed by atoms with Crippen molar-refractivity contribution in [3.05, 3.63) is 35.4 Å². The summed E-state index contributed by atoms with van der Waals surface area (Å²) in [5, 5.41) is 15.7. The third-order valence-electron chi connectivity index (χ3n) is 4.11. The maximum atomic E-state index is 12.1. The Morgan fingerprint density at radius 3 is 2.36 bits per heavy atom. The monoisotopic (exact) mass is 403 g/mol. The minimum Gasteiger partial charge on any atom is -0.396 e. The molecule has 0 heterocycles. The van der Waals surface area contributed by atoms with E-state index in [2.05, 4.69) is 27.3 Å². The smallest absolute Gasteiger partial charge is 0.396 e. The van der Waals surface area contributed by atoms with Crippen molar-refractivity contribution in [3.63, 3.8) is 0 Å². The molecule has 3 N–H and O–H groups in total. The Balaban J connectivity index is 2.54. The molecule has 0 radical (unpaired) electrons. The summed E-state index contributed by atoms with van der Waals surface area (Å²) in [6.07, 6.45) is -1.43. The Morgan fingerprint density at radius 1 is 1.11 bits per heavy atom. The Morgan fingerprint density at radius 2 is 1.79 bits per heavy atom. The molecule has 0 aliphatic carbocycles. The van der Waals surface area contributed by atoms with Crippen LogP contribution in [0, 0.1) is 5.92 Å². The van der Waals surface area contributed by atoms with Crippen molar-refractivity contribution in [2.45, 2.75) is 52.4 Å². The number of rotatable bonds is 12. The summed E-state index contributed by atoms with van der Waals surface area (Å²) >= 11 is 0. The number of guanidine groups is 1. The molecule has 0 aliphatic heterocycles. The number of aliphatic imine (C=N–C) groups is 1. The lowest BCUT2D eigenvalue weighted by molar-refractivity contribution is -0.176. The standard InChI is InChI=1S/C20H32F3N3O2/c1-3-5-16(10-11-27)12-25-19(24-4-2)26-13-17-6-8-18(9-7-17)14-28-15-20(21,22)23/h6-9,16,27H,3-5,10-15H2,1-2H3,(H2,24,25,26). The number of nitrogens with one attached hydrogen (secondary N) is 2. The first-order chi connectivity index (χ1) is 13.4. The number of aliphatic hydroxyl groups excluding tert-OH is 1. The van der Waals surface area contributed by atoms with Crippen molar-refractivity contribution in [1.29, 1.82) is 0 Å². The van der Waals surface area contributed by atoms with Crippen molar-refractivity contribution < 1.29 is 23.0 Å². The van der Waals surface area contributed by atoms with Gasteiger partial charge in [0, 0.05) is 19.7 Å². The molecule has 0 aliphatic rings. The first-order valence-electron chi connectivity index (χ1n) is 9.73. The van der Waals surface area contributed by atoms with Gasteiger partial charge in [-0.1, -0.05) is 37.6 Å². The van der Waals surface area contributed by atoms with Gasteiger partial charge < -0.3 is 20.5 Å². The fourth-order valence-electron chi connectivity index (χ4n) is 2.72. The number of benzene rings is 1. The Labute approximate surface area is 165 Å². The van der Waals surface area contributed by atoms with Crippen LogP contribution in [0.15, 0.2) is 29.3 Å². The number of hydrogen-bond donors (Lipinski definition) is 3. The molecule has 28 heavy (non-hydrogen) atoms. The highest BCUT2D eigenvalue weighted by Gasteiger charge is 2.27. The average molecular weight is 403 g/mol. The van der Waals surface area contributed by atoms with E-state index < -0.39 is 12.8 Å². The van der Waals surface area contributed by atoms with Gasteiger partial charge in [0.05, 0.1) is 13.2 Å². The summed E-state index contributed by atoms with van der Waals surface area (Å²) in [5.41, 5.74) is 1.64. The number of halogens is 3. The molecule has 1 rings (SSSR count). The minimum absolute atomic E-state index is 0.0725. The first-order valence-corrected chi connectivity index (χ1v) is 9.73. The van der Waals surface area contributed by atoms with Gasteiger partial charge in [-0.05, 0) is 36.8 Å². The Kier molecular flexibility index (Phi) is 11.6. The molecule has 0 saturated heterocycles. The van der Waals surface area contributed by atoms with Crippen LogP contribution >= 0.6 is 0 Å². The largest absolute Gasteiger partial charge is 0.411 e. The SMILES string of the molecule is CCCC(CCO)CNC(=NCc1ccc(COCC(F)(F)F)cc1)NCC. The lowest BCUT2D eigenvalue weighted by Gasteiger charge is -2.18. The summed E-state index contributed by atoms with van der Waals surface area (Å²) in [7, 11) is 0. The Hall–Kier alpha value is -1.80. The van der Waals surface area contributed by atoms with Crippen LogP contribution in [0.25, 0.3) is 0 Å². The van der Waals surface area contributed by atoms with Crippen LogP contribution in [0.3, 0.4) is 0 Å². The summed E-state index contributed by atoms with van der Waals surface area (Å²) in [4.78, 5) is 4.55. The van der Waals surface area contributed by atoms with Crippen LogP contribution in [0.4, 0.5) is 13.2 Å². The summed E-state index contributed by atoms with van der Waals surface area (Å²) < 4.78 is 40.9. The third kappa shape index (κ3) is 11.1.